The number of imide groups is 1. The lowest BCUT2D eigenvalue weighted by Crippen LogP contribution is -2.54. The number of likely N-dealkylation sites (N-methyl/N-ethyl adjacent to an activating group) is 1. The highest BCUT2D eigenvalue weighted by Crippen LogP contribution is 2.35. The van der Waals surface area contributed by atoms with Crippen LogP contribution in [0.3, 0.4) is 0 Å². The molecule has 4 aromatic heterocycles. The number of aromatic nitrogens is 6. The number of morpholine rings is 1. The van der Waals surface area contributed by atoms with E-state index in [1.165, 1.54) is 17.1 Å². The predicted octanol–water partition coefficient (Wildman–Crippen LogP) is 3.88. The zero-order valence-corrected chi connectivity index (χ0v) is 42.0. The van der Waals surface area contributed by atoms with Crippen LogP contribution < -0.4 is 31.9 Å². The summed E-state index contributed by atoms with van der Waals surface area (Å²) >= 11 is 0. The van der Waals surface area contributed by atoms with Gasteiger partial charge in [-0.25, -0.2) is 14.6 Å². The molecule has 6 heterocycles. The first-order chi connectivity index (χ1) is 35.7. The Morgan fingerprint density at radius 3 is 2.43 bits per heavy atom. The van der Waals surface area contributed by atoms with Crippen molar-refractivity contribution >= 4 is 64.1 Å². The van der Waals surface area contributed by atoms with Gasteiger partial charge >= 0.3 is 12.1 Å². The number of nitrogens with zero attached hydrogens (tertiary/aromatic N) is 8. The molecule has 8 amide bonds. The smallest absolute Gasteiger partial charge is 0.409 e. The number of nitrogens with two attached hydrogens (primary N) is 1. The van der Waals surface area contributed by atoms with Crippen LogP contribution in [0, 0.1) is 5.92 Å². The van der Waals surface area contributed by atoms with E-state index in [1.54, 1.807) is 63.8 Å². The summed E-state index contributed by atoms with van der Waals surface area (Å²) in [5, 5.41) is 23.5. The second-order valence-corrected chi connectivity index (χ2v) is 18.5. The third-order valence-electron chi connectivity index (χ3n) is 12.7. The van der Waals surface area contributed by atoms with E-state index in [2.05, 4.69) is 59.4 Å². The maximum Gasteiger partial charge on any atom is 0.409 e. The standard InChI is InChI=1S/C51H64N14O9/c1-32(2)45(60-42(66)10-6-5-7-24-64-43(67)15-16-44(64)68)49(70)58-39(9-8-20-54-50(52)71)48(69)57-35-13-11-34(12-14-35)31-74-51(72)62(4)25-26-65-40(19-23-56-65)37-29-41(63-27-28-73-30-33(63)3)59-46-36(37)17-21-53-47(46)38-18-22-55-61-38/h11-19,21-23,29,32-33,39,45H,5-10,20,24-28,30-31H2,1-4H3,(H,55,61)(H,57,69)(H,58,70)(H,60,66)(H3,52,54,71)/t33-,39-,45+/m1/s1. The van der Waals surface area contributed by atoms with Gasteiger partial charge in [-0.15, -0.1) is 0 Å². The molecule has 74 heavy (non-hydrogen) atoms. The normalized spacial score (nSPS) is 15.3. The van der Waals surface area contributed by atoms with Crippen LogP contribution in [0.1, 0.15) is 64.9 Å². The lowest BCUT2D eigenvalue weighted by atomic mass is 10.0. The number of rotatable bonds is 24. The Balaban J connectivity index is 0.920. The maximum atomic E-state index is 13.7. The molecule has 7 N–H and O–H groups in total. The van der Waals surface area contributed by atoms with Crippen molar-refractivity contribution in [3.05, 3.63) is 84.8 Å². The molecule has 1 aromatic carbocycles. The molecular formula is C51H64N14O9. The molecule has 0 saturated carbocycles. The number of aromatic amines is 1. The SMILES string of the molecule is CC(C)[C@H](NC(=O)CCCCCN1C(=O)C=CC1=O)C(=O)N[C@H](CCCNC(N)=O)C(=O)Nc1ccc(COC(=O)N(C)CCn2nccc2-c2cc(N3CCOC[C@H]3C)nc3c(-c4ccn[nH]4)nccc23)cc1. The first kappa shape index (κ1) is 53.6. The van der Waals surface area contributed by atoms with Gasteiger partial charge in [0.2, 0.25) is 17.7 Å². The average Bonchev–Trinajstić information content (AvgIpc) is 4.17. The van der Waals surface area contributed by atoms with Crippen molar-refractivity contribution in [1.29, 1.82) is 0 Å². The highest BCUT2D eigenvalue weighted by atomic mass is 16.6. The van der Waals surface area contributed by atoms with E-state index < -0.39 is 36.0 Å². The number of amides is 8. The topological polar surface area (TPSA) is 294 Å². The zero-order chi connectivity index (χ0) is 52.7. The summed E-state index contributed by atoms with van der Waals surface area (Å²) in [5.41, 5.74) is 10.2. The molecular weight excluding hydrogens is 953 g/mol. The maximum absolute atomic E-state index is 13.7. The van der Waals surface area contributed by atoms with Crippen molar-refractivity contribution in [2.45, 2.75) is 90.6 Å². The molecule has 0 unspecified atom stereocenters. The minimum atomic E-state index is -1.05. The van der Waals surface area contributed by atoms with E-state index in [0.29, 0.717) is 74.4 Å². The number of ether oxygens (including phenoxy) is 2. The van der Waals surface area contributed by atoms with Crippen molar-refractivity contribution < 1.29 is 43.0 Å². The largest absolute Gasteiger partial charge is 0.445 e. The molecule has 3 atom stereocenters. The average molecular weight is 1020 g/mol. The summed E-state index contributed by atoms with van der Waals surface area (Å²) in [6.45, 7) is 8.50. The number of carbonyl (C=O) groups is 7. The van der Waals surface area contributed by atoms with Crippen LogP contribution >= 0.6 is 0 Å². The van der Waals surface area contributed by atoms with E-state index in [9.17, 15) is 33.6 Å². The Morgan fingerprint density at radius 1 is 0.932 bits per heavy atom. The van der Waals surface area contributed by atoms with Crippen LogP contribution in [0.15, 0.2) is 79.3 Å². The van der Waals surface area contributed by atoms with Gasteiger partial charge < -0.3 is 46.3 Å². The molecule has 1 saturated heterocycles. The van der Waals surface area contributed by atoms with Gasteiger partial charge in [0.05, 0.1) is 37.2 Å². The number of urea groups is 1. The van der Waals surface area contributed by atoms with Crippen molar-refractivity contribution in [3.8, 4) is 22.6 Å². The lowest BCUT2D eigenvalue weighted by molar-refractivity contribution is -0.137. The van der Waals surface area contributed by atoms with Crippen molar-refractivity contribution in [3.63, 3.8) is 0 Å². The molecule has 23 nitrogen and oxygen atoms in total. The first-order valence-corrected chi connectivity index (χ1v) is 24.8. The first-order valence-electron chi connectivity index (χ1n) is 24.8. The molecule has 23 heteroatoms. The number of benzene rings is 1. The van der Waals surface area contributed by atoms with E-state index in [0.717, 1.165) is 33.1 Å². The molecule has 0 spiro atoms. The summed E-state index contributed by atoms with van der Waals surface area (Å²) in [6.07, 6.45) is 9.21. The van der Waals surface area contributed by atoms with Gasteiger partial charge in [-0.2, -0.15) is 10.2 Å². The quantitative estimate of drug-likeness (QED) is 0.0378. The van der Waals surface area contributed by atoms with Crippen LogP contribution in [0.2, 0.25) is 0 Å². The van der Waals surface area contributed by atoms with Crippen LogP contribution in [0.25, 0.3) is 33.5 Å². The third-order valence-corrected chi connectivity index (χ3v) is 12.7. The highest BCUT2D eigenvalue weighted by Gasteiger charge is 2.30. The zero-order valence-electron chi connectivity index (χ0n) is 42.0. The van der Waals surface area contributed by atoms with E-state index in [1.807, 2.05) is 22.9 Å². The Morgan fingerprint density at radius 2 is 1.72 bits per heavy atom. The number of unbranched alkanes of at least 4 members (excludes halogenated alkanes) is 2. The number of anilines is 2. The number of primary amides is 1. The van der Waals surface area contributed by atoms with E-state index >= 15 is 0 Å². The fourth-order valence-electron chi connectivity index (χ4n) is 8.61. The number of fused-ring (bicyclic) bond motifs is 1. The second-order valence-electron chi connectivity index (χ2n) is 18.5. The van der Waals surface area contributed by atoms with E-state index in [4.69, 9.17) is 20.2 Å². The summed E-state index contributed by atoms with van der Waals surface area (Å²) in [4.78, 5) is 103. The molecule has 0 bridgehead atoms. The van der Waals surface area contributed by atoms with Crippen LogP contribution in [-0.4, -0.2) is 146 Å². The van der Waals surface area contributed by atoms with Gasteiger partial charge in [-0.1, -0.05) is 32.4 Å². The van der Waals surface area contributed by atoms with Crippen molar-refractivity contribution in [2.24, 2.45) is 11.7 Å². The predicted molar refractivity (Wildman–Crippen MR) is 274 cm³/mol. The molecule has 5 aromatic rings. The second kappa shape index (κ2) is 25.4. The van der Waals surface area contributed by atoms with Crippen molar-refractivity contribution in [2.75, 3.05) is 56.7 Å². The summed E-state index contributed by atoms with van der Waals surface area (Å²) in [7, 11) is 1.65. The fraction of sp³-hybridized carbons (Fsp3) is 0.431. The van der Waals surface area contributed by atoms with Crippen LogP contribution in [0.5, 0.6) is 0 Å². The number of hydrogen-bond acceptors (Lipinski definition) is 14. The minimum Gasteiger partial charge on any atom is -0.445 e. The summed E-state index contributed by atoms with van der Waals surface area (Å²) in [5.74, 6) is -1.70. The van der Waals surface area contributed by atoms with Gasteiger partial charge in [0.15, 0.2) is 0 Å². The monoisotopic (exact) mass is 1020 g/mol. The molecule has 392 valence electrons. The van der Waals surface area contributed by atoms with Crippen LogP contribution in [-0.2, 0) is 46.6 Å². The Labute approximate surface area is 428 Å². The number of carbonyl (C=O) groups excluding carboxylic acids is 7. The number of nitrogens with one attached hydrogen (secondary N) is 5. The molecule has 0 radical (unpaired) electrons. The van der Waals surface area contributed by atoms with Crippen molar-refractivity contribution in [1.82, 2.24) is 55.7 Å². The Kier molecular flexibility index (Phi) is 18.4. The molecule has 0 aliphatic carbocycles. The molecule has 2 aliphatic rings. The molecule has 1 fully saturated rings. The van der Waals surface area contributed by atoms with Gasteiger partial charge in [0.25, 0.3) is 11.8 Å². The number of H-pyrrole nitrogens is 1. The Bertz CT molecular complexity index is 2800. The lowest BCUT2D eigenvalue weighted by Gasteiger charge is -2.34. The molecule has 2 aliphatic heterocycles. The molecule has 7 rings (SSSR count). The minimum absolute atomic E-state index is 0.0466. The Hall–Kier alpha value is -8.21. The third kappa shape index (κ3) is 14.1. The summed E-state index contributed by atoms with van der Waals surface area (Å²) in [6, 6.07) is 11.9. The fourth-order valence-corrected chi connectivity index (χ4v) is 8.61. The van der Waals surface area contributed by atoms with Gasteiger partial charge in [0, 0.05) is 87.0 Å². The van der Waals surface area contributed by atoms with E-state index in [-0.39, 0.29) is 68.8 Å². The van der Waals surface area contributed by atoms with Crippen LogP contribution in [0.4, 0.5) is 21.1 Å². The number of pyridine rings is 2. The highest BCUT2D eigenvalue weighted by molar-refractivity contribution is 6.12. The van der Waals surface area contributed by atoms with Gasteiger partial charge in [-0.05, 0) is 80.5 Å². The number of hydrogen-bond donors (Lipinski definition) is 6. The summed E-state index contributed by atoms with van der Waals surface area (Å²) < 4.78 is 13.2. The van der Waals surface area contributed by atoms with Gasteiger partial charge in [-0.3, -0.25) is 43.6 Å². The van der Waals surface area contributed by atoms with Gasteiger partial charge in [0.1, 0.15) is 35.7 Å².